The number of rotatable bonds is 7. The highest BCUT2D eigenvalue weighted by atomic mass is 35.5. The Morgan fingerprint density at radius 1 is 1.21 bits per heavy atom. The van der Waals surface area contributed by atoms with Crippen LogP contribution in [0, 0.1) is 25.6 Å². The van der Waals surface area contributed by atoms with Crippen molar-refractivity contribution in [2.75, 3.05) is 18.4 Å². The number of aryl methyl sites for hydroxylation is 2. The summed E-state index contributed by atoms with van der Waals surface area (Å²) >= 11 is 5.94. The van der Waals surface area contributed by atoms with Crippen LogP contribution < -0.4 is 11.1 Å². The molecule has 0 saturated heterocycles. The first-order valence-corrected chi connectivity index (χ1v) is 11.0. The number of primary amides is 1. The van der Waals surface area contributed by atoms with E-state index in [2.05, 4.69) is 10.4 Å². The second-order valence-electron chi connectivity index (χ2n) is 8.42. The molecule has 3 N–H and O–H groups in total. The predicted molar refractivity (Wildman–Crippen MR) is 125 cm³/mol. The van der Waals surface area contributed by atoms with Crippen LogP contribution in [0.1, 0.15) is 29.3 Å². The fraction of sp³-hybridized carbons (Fsp3) is 0.292. The Bertz CT molecular complexity index is 1190. The quantitative estimate of drug-likeness (QED) is 0.537. The van der Waals surface area contributed by atoms with Crippen LogP contribution in [0.25, 0.3) is 5.69 Å². The summed E-state index contributed by atoms with van der Waals surface area (Å²) in [5.41, 5.74) is 8.91. The van der Waals surface area contributed by atoms with Gasteiger partial charge < -0.3 is 16.0 Å². The summed E-state index contributed by atoms with van der Waals surface area (Å²) in [6.45, 7) is 3.84. The Hall–Kier alpha value is -3.39. The maximum absolute atomic E-state index is 14.6. The topological polar surface area (TPSA) is 93.3 Å². The van der Waals surface area contributed by atoms with E-state index in [1.807, 2.05) is 44.2 Å². The molecule has 2 atom stereocenters. The van der Waals surface area contributed by atoms with Gasteiger partial charge in [-0.15, -0.1) is 0 Å². The number of hydrogen-bond acceptors (Lipinski definition) is 3. The van der Waals surface area contributed by atoms with E-state index in [9.17, 15) is 14.0 Å². The number of urea groups is 1. The Balaban J connectivity index is 1.37. The normalized spacial score (nSPS) is 17.0. The Labute approximate surface area is 196 Å². The molecule has 33 heavy (non-hydrogen) atoms. The third kappa shape index (κ3) is 5.34. The monoisotopic (exact) mass is 469 g/mol. The number of halogens is 2. The van der Waals surface area contributed by atoms with Crippen LogP contribution in [0.2, 0.25) is 5.02 Å². The molecular formula is C24H25ClFN5O2. The summed E-state index contributed by atoms with van der Waals surface area (Å²) in [6, 6.07) is 13.3. The zero-order chi connectivity index (χ0) is 23.7. The molecule has 2 unspecified atom stereocenters. The molecule has 3 amide bonds. The second kappa shape index (κ2) is 9.23. The summed E-state index contributed by atoms with van der Waals surface area (Å²) < 4.78 is 16.3. The van der Waals surface area contributed by atoms with Gasteiger partial charge in [0.2, 0.25) is 5.91 Å². The van der Waals surface area contributed by atoms with Crippen molar-refractivity contribution < 1.29 is 14.0 Å². The van der Waals surface area contributed by atoms with Gasteiger partial charge in [0.1, 0.15) is 12.4 Å². The third-order valence-electron chi connectivity index (χ3n) is 5.80. The molecule has 172 valence electrons. The van der Waals surface area contributed by atoms with Crippen molar-refractivity contribution in [3.8, 4) is 5.69 Å². The fourth-order valence-corrected chi connectivity index (χ4v) is 4.20. The van der Waals surface area contributed by atoms with E-state index in [0.29, 0.717) is 23.2 Å². The van der Waals surface area contributed by atoms with Gasteiger partial charge in [0.15, 0.2) is 0 Å². The van der Waals surface area contributed by atoms with E-state index in [1.54, 1.807) is 10.7 Å². The van der Waals surface area contributed by atoms with Gasteiger partial charge in [-0.3, -0.25) is 4.79 Å². The number of anilines is 1. The number of hydrogen-bond donors (Lipinski definition) is 2. The lowest BCUT2D eigenvalue weighted by atomic mass is 10.1. The van der Waals surface area contributed by atoms with E-state index in [1.165, 1.54) is 17.0 Å². The highest BCUT2D eigenvalue weighted by molar-refractivity contribution is 6.30. The molecule has 0 aliphatic heterocycles. The highest BCUT2D eigenvalue weighted by Crippen LogP contribution is 2.47. The first kappa shape index (κ1) is 22.8. The lowest BCUT2D eigenvalue weighted by Gasteiger charge is -2.20. The minimum absolute atomic E-state index is 0.0279. The Morgan fingerprint density at radius 3 is 2.55 bits per heavy atom. The third-order valence-corrected chi connectivity index (χ3v) is 6.05. The molecule has 9 heteroatoms. The summed E-state index contributed by atoms with van der Waals surface area (Å²) in [6.07, 6.45) is 0.898. The molecule has 1 aliphatic rings. The van der Waals surface area contributed by atoms with Crippen LogP contribution in [0.4, 0.5) is 14.9 Å². The van der Waals surface area contributed by atoms with Crippen LogP contribution in [0.5, 0.6) is 0 Å². The van der Waals surface area contributed by atoms with Crippen molar-refractivity contribution in [3.05, 3.63) is 76.3 Å². The smallest absolute Gasteiger partial charge is 0.315 e. The van der Waals surface area contributed by atoms with Crippen molar-refractivity contribution >= 4 is 29.2 Å². The Morgan fingerprint density at radius 2 is 1.94 bits per heavy atom. The lowest BCUT2D eigenvalue weighted by molar-refractivity contribution is -0.116. The van der Waals surface area contributed by atoms with Gasteiger partial charge in [0.05, 0.1) is 17.1 Å². The maximum atomic E-state index is 14.6. The summed E-state index contributed by atoms with van der Waals surface area (Å²) in [5.74, 6) is -0.603. The van der Waals surface area contributed by atoms with E-state index >= 15 is 0 Å². The van der Waals surface area contributed by atoms with Crippen molar-refractivity contribution in [3.63, 3.8) is 0 Å². The van der Waals surface area contributed by atoms with Gasteiger partial charge in [-0.05, 0) is 68.0 Å². The minimum atomic E-state index is -0.688. The predicted octanol–water partition coefficient (Wildman–Crippen LogP) is 4.40. The number of amides is 3. The van der Waals surface area contributed by atoms with Gasteiger partial charge in [-0.2, -0.15) is 5.10 Å². The second-order valence-corrected chi connectivity index (χ2v) is 8.86. The van der Waals surface area contributed by atoms with E-state index in [4.69, 9.17) is 17.3 Å². The van der Waals surface area contributed by atoms with Crippen LogP contribution in [-0.2, 0) is 4.79 Å². The van der Waals surface area contributed by atoms with E-state index in [0.717, 1.165) is 23.4 Å². The molecule has 0 spiro atoms. The van der Waals surface area contributed by atoms with E-state index in [-0.39, 0.29) is 18.2 Å². The number of aromatic nitrogens is 2. The van der Waals surface area contributed by atoms with Gasteiger partial charge in [0, 0.05) is 23.3 Å². The van der Waals surface area contributed by atoms with Gasteiger partial charge >= 0.3 is 6.03 Å². The number of benzene rings is 2. The minimum Gasteiger partial charge on any atom is -0.351 e. The van der Waals surface area contributed by atoms with Crippen LogP contribution in [0.15, 0.2) is 48.5 Å². The van der Waals surface area contributed by atoms with Gasteiger partial charge in [-0.1, -0.05) is 23.7 Å². The molecule has 0 bridgehead atoms. The van der Waals surface area contributed by atoms with Crippen molar-refractivity contribution in [1.29, 1.82) is 0 Å². The molecule has 4 rings (SSSR count). The molecule has 1 aliphatic carbocycles. The molecular weight excluding hydrogens is 445 g/mol. The standard InChI is InChI=1S/C24H25ClFN5O2/c1-14-9-15(2)31(29-14)19-7-8-22(21(26)11-19)28-23(32)13-30(24(27)33)12-17-10-20(17)16-3-5-18(25)6-4-16/h3-9,11,17,20H,10,12-13H2,1-2H3,(H2,27,33)(H,28,32). The average molecular weight is 470 g/mol. The van der Waals surface area contributed by atoms with Crippen molar-refractivity contribution in [2.24, 2.45) is 11.7 Å². The van der Waals surface area contributed by atoms with Crippen LogP contribution in [-0.4, -0.2) is 39.7 Å². The summed E-state index contributed by atoms with van der Waals surface area (Å²) in [5, 5.41) is 7.53. The van der Waals surface area contributed by atoms with Gasteiger partial charge in [-0.25, -0.2) is 13.9 Å². The zero-order valence-electron chi connectivity index (χ0n) is 18.4. The van der Waals surface area contributed by atoms with Crippen LogP contribution in [0.3, 0.4) is 0 Å². The van der Waals surface area contributed by atoms with Gasteiger partial charge in [0.25, 0.3) is 0 Å². The molecule has 0 radical (unpaired) electrons. The number of carbonyl (C=O) groups is 2. The molecule has 1 saturated carbocycles. The zero-order valence-corrected chi connectivity index (χ0v) is 19.1. The number of nitrogens with two attached hydrogens (primary N) is 1. The number of nitrogens with zero attached hydrogens (tertiary/aromatic N) is 3. The molecule has 1 aromatic heterocycles. The van der Waals surface area contributed by atoms with Crippen LogP contribution >= 0.6 is 11.6 Å². The van der Waals surface area contributed by atoms with E-state index < -0.39 is 17.8 Å². The average Bonchev–Trinajstić information content (AvgIpc) is 3.44. The van der Waals surface area contributed by atoms with Crippen molar-refractivity contribution in [1.82, 2.24) is 14.7 Å². The summed E-state index contributed by atoms with van der Waals surface area (Å²) in [4.78, 5) is 25.7. The largest absolute Gasteiger partial charge is 0.351 e. The molecule has 7 nitrogen and oxygen atoms in total. The SMILES string of the molecule is Cc1cc(C)n(-c2ccc(NC(=O)CN(CC3CC3c3ccc(Cl)cc3)C(N)=O)c(F)c2)n1. The maximum Gasteiger partial charge on any atom is 0.315 e. The molecule has 3 aromatic rings. The molecule has 2 aromatic carbocycles. The molecule has 1 fully saturated rings. The first-order chi connectivity index (χ1) is 15.7. The highest BCUT2D eigenvalue weighted by Gasteiger charge is 2.40. The number of nitrogens with one attached hydrogen (secondary N) is 1. The first-order valence-electron chi connectivity index (χ1n) is 10.6. The lowest BCUT2D eigenvalue weighted by Crippen LogP contribution is -2.42. The molecule has 1 heterocycles. The number of carbonyl (C=O) groups excluding carboxylic acids is 2. The summed E-state index contributed by atoms with van der Waals surface area (Å²) in [7, 11) is 0. The fourth-order valence-electron chi connectivity index (χ4n) is 4.07. The van der Waals surface area contributed by atoms with Crippen molar-refractivity contribution in [2.45, 2.75) is 26.2 Å². The Kier molecular flexibility index (Phi) is 6.37.